The molecule has 0 saturated heterocycles. The Balaban J connectivity index is 2.44. The van der Waals surface area contributed by atoms with Crippen molar-refractivity contribution in [2.24, 2.45) is 5.73 Å². The van der Waals surface area contributed by atoms with Crippen molar-refractivity contribution in [1.29, 1.82) is 0 Å². The number of amides is 1. The van der Waals surface area contributed by atoms with E-state index in [1.54, 1.807) is 12.1 Å². The van der Waals surface area contributed by atoms with Crippen molar-refractivity contribution in [3.8, 4) is 0 Å². The van der Waals surface area contributed by atoms with E-state index in [2.05, 4.69) is 5.32 Å². The molecule has 0 aromatic heterocycles. The second-order valence-electron chi connectivity index (χ2n) is 3.23. The molecule has 0 fully saturated rings. The predicted octanol–water partition coefficient (Wildman–Crippen LogP) is 1.29. The average molecular weight is 210 g/mol. The molecule has 3 N–H and O–H groups in total. The van der Waals surface area contributed by atoms with Crippen LogP contribution in [0.2, 0.25) is 0 Å². The Morgan fingerprint density at radius 1 is 1.33 bits per heavy atom. The maximum Gasteiger partial charge on any atom is 0.254 e. The highest BCUT2D eigenvalue weighted by Crippen LogP contribution is 2.05. The van der Waals surface area contributed by atoms with Gasteiger partial charge in [-0.3, -0.25) is 4.79 Å². The van der Waals surface area contributed by atoms with E-state index in [0.717, 1.165) is 12.8 Å². The third kappa shape index (κ3) is 3.67. The summed E-state index contributed by atoms with van der Waals surface area (Å²) in [7, 11) is 0. The minimum absolute atomic E-state index is 0.0882. The third-order valence-corrected chi connectivity index (χ3v) is 2.03. The molecule has 1 rings (SSSR count). The topological polar surface area (TPSA) is 55.1 Å². The molecule has 3 nitrogen and oxygen atoms in total. The fourth-order valence-corrected chi connectivity index (χ4v) is 1.21. The summed E-state index contributed by atoms with van der Waals surface area (Å²) in [6.07, 6.45) is 1.67. The van der Waals surface area contributed by atoms with Crippen molar-refractivity contribution in [3.05, 3.63) is 35.6 Å². The highest BCUT2D eigenvalue weighted by atomic mass is 19.1. The van der Waals surface area contributed by atoms with Gasteiger partial charge in [-0.25, -0.2) is 4.39 Å². The Hall–Kier alpha value is -1.42. The van der Waals surface area contributed by atoms with Crippen LogP contribution in [0.1, 0.15) is 23.2 Å². The molecule has 0 saturated carbocycles. The van der Waals surface area contributed by atoms with E-state index in [0.29, 0.717) is 13.1 Å². The molecule has 4 heteroatoms. The van der Waals surface area contributed by atoms with Gasteiger partial charge in [0.2, 0.25) is 0 Å². The van der Waals surface area contributed by atoms with E-state index < -0.39 is 5.82 Å². The molecule has 0 bridgehead atoms. The van der Waals surface area contributed by atoms with Gasteiger partial charge in [-0.15, -0.1) is 0 Å². The zero-order valence-electron chi connectivity index (χ0n) is 8.50. The zero-order chi connectivity index (χ0) is 11.1. The van der Waals surface area contributed by atoms with Gasteiger partial charge in [-0.05, 0) is 31.5 Å². The molecule has 0 spiro atoms. The molecule has 1 amide bonds. The van der Waals surface area contributed by atoms with Gasteiger partial charge >= 0.3 is 0 Å². The first-order valence-corrected chi connectivity index (χ1v) is 4.98. The van der Waals surface area contributed by atoms with Crippen molar-refractivity contribution >= 4 is 5.91 Å². The number of halogens is 1. The van der Waals surface area contributed by atoms with Crippen molar-refractivity contribution in [3.63, 3.8) is 0 Å². The smallest absolute Gasteiger partial charge is 0.254 e. The average Bonchev–Trinajstić information content (AvgIpc) is 2.25. The van der Waals surface area contributed by atoms with Crippen molar-refractivity contribution in [2.75, 3.05) is 13.1 Å². The fourth-order valence-electron chi connectivity index (χ4n) is 1.21. The van der Waals surface area contributed by atoms with Crippen LogP contribution in [0, 0.1) is 5.82 Å². The van der Waals surface area contributed by atoms with Gasteiger partial charge in [0.05, 0.1) is 5.56 Å². The first-order chi connectivity index (χ1) is 7.25. The Kier molecular flexibility index (Phi) is 4.77. The van der Waals surface area contributed by atoms with Gasteiger partial charge in [-0.2, -0.15) is 0 Å². The van der Waals surface area contributed by atoms with E-state index in [-0.39, 0.29) is 11.5 Å². The second-order valence-corrected chi connectivity index (χ2v) is 3.23. The quantitative estimate of drug-likeness (QED) is 0.719. The molecule has 0 aliphatic heterocycles. The number of hydrogen-bond acceptors (Lipinski definition) is 2. The van der Waals surface area contributed by atoms with Crippen LogP contribution in [0.25, 0.3) is 0 Å². The van der Waals surface area contributed by atoms with Gasteiger partial charge in [0.25, 0.3) is 5.91 Å². The number of carbonyl (C=O) groups is 1. The van der Waals surface area contributed by atoms with E-state index in [1.165, 1.54) is 12.1 Å². The van der Waals surface area contributed by atoms with Crippen LogP contribution < -0.4 is 11.1 Å². The molecule has 0 atom stereocenters. The number of nitrogens with one attached hydrogen (secondary N) is 1. The molecule has 0 unspecified atom stereocenters. The molecule has 0 heterocycles. The lowest BCUT2D eigenvalue weighted by molar-refractivity contribution is 0.0949. The number of unbranched alkanes of at least 4 members (excludes halogenated alkanes) is 1. The standard InChI is InChI=1S/C11H15FN2O/c12-10-6-2-1-5-9(10)11(15)14-8-4-3-7-13/h1-2,5-6H,3-4,7-8,13H2,(H,14,15). The van der Waals surface area contributed by atoms with Gasteiger partial charge in [0.15, 0.2) is 0 Å². The lowest BCUT2D eigenvalue weighted by atomic mass is 10.2. The van der Waals surface area contributed by atoms with Crippen LogP contribution in [0.5, 0.6) is 0 Å². The molecule has 1 aromatic carbocycles. The van der Waals surface area contributed by atoms with Crippen molar-refractivity contribution in [1.82, 2.24) is 5.32 Å². The monoisotopic (exact) mass is 210 g/mol. The molecule has 0 aliphatic rings. The Labute approximate surface area is 88.5 Å². The van der Waals surface area contributed by atoms with E-state index in [4.69, 9.17) is 5.73 Å². The Bertz CT molecular complexity index is 328. The maximum absolute atomic E-state index is 13.1. The predicted molar refractivity (Wildman–Crippen MR) is 57.0 cm³/mol. The third-order valence-electron chi connectivity index (χ3n) is 2.03. The van der Waals surface area contributed by atoms with Crippen LogP contribution in [0.3, 0.4) is 0 Å². The van der Waals surface area contributed by atoms with Gasteiger partial charge in [0, 0.05) is 6.54 Å². The molecule has 0 radical (unpaired) electrons. The first kappa shape index (κ1) is 11.7. The van der Waals surface area contributed by atoms with Gasteiger partial charge < -0.3 is 11.1 Å². The largest absolute Gasteiger partial charge is 0.352 e. The number of carbonyl (C=O) groups excluding carboxylic acids is 1. The number of rotatable bonds is 5. The van der Waals surface area contributed by atoms with Gasteiger partial charge in [-0.1, -0.05) is 12.1 Å². The first-order valence-electron chi connectivity index (χ1n) is 4.98. The normalized spacial score (nSPS) is 10.0. The summed E-state index contributed by atoms with van der Waals surface area (Å²) in [5.41, 5.74) is 5.40. The summed E-state index contributed by atoms with van der Waals surface area (Å²) in [5.74, 6) is -0.862. The SMILES string of the molecule is NCCCCNC(=O)c1ccccc1F. The summed E-state index contributed by atoms with van der Waals surface area (Å²) in [6, 6.07) is 5.93. The molecule has 15 heavy (non-hydrogen) atoms. The van der Waals surface area contributed by atoms with E-state index in [1.807, 2.05) is 0 Å². The maximum atomic E-state index is 13.1. The molecule has 82 valence electrons. The summed E-state index contributed by atoms with van der Waals surface area (Å²) >= 11 is 0. The minimum Gasteiger partial charge on any atom is -0.352 e. The van der Waals surface area contributed by atoms with Crippen LogP contribution in [0.15, 0.2) is 24.3 Å². The van der Waals surface area contributed by atoms with Crippen LogP contribution in [0.4, 0.5) is 4.39 Å². The fraction of sp³-hybridized carbons (Fsp3) is 0.364. The highest BCUT2D eigenvalue weighted by Gasteiger charge is 2.08. The van der Waals surface area contributed by atoms with Crippen molar-refractivity contribution < 1.29 is 9.18 Å². The summed E-state index contributed by atoms with van der Waals surface area (Å²) < 4.78 is 13.1. The number of hydrogen-bond donors (Lipinski definition) is 2. The molecular weight excluding hydrogens is 195 g/mol. The lowest BCUT2D eigenvalue weighted by Crippen LogP contribution is -2.25. The van der Waals surface area contributed by atoms with E-state index >= 15 is 0 Å². The molecule has 1 aromatic rings. The number of benzene rings is 1. The Morgan fingerprint density at radius 2 is 2.07 bits per heavy atom. The number of nitrogens with two attached hydrogens (primary N) is 1. The van der Waals surface area contributed by atoms with Crippen LogP contribution in [-0.2, 0) is 0 Å². The van der Waals surface area contributed by atoms with Crippen molar-refractivity contribution in [2.45, 2.75) is 12.8 Å². The zero-order valence-corrected chi connectivity index (χ0v) is 8.50. The van der Waals surface area contributed by atoms with Gasteiger partial charge in [0.1, 0.15) is 5.82 Å². The summed E-state index contributed by atoms with van der Waals surface area (Å²) in [4.78, 5) is 11.4. The molecular formula is C11H15FN2O. The second kappa shape index (κ2) is 6.14. The summed E-state index contributed by atoms with van der Waals surface area (Å²) in [6.45, 7) is 1.14. The van der Waals surface area contributed by atoms with E-state index in [9.17, 15) is 9.18 Å². The van der Waals surface area contributed by atoms with Crippen LogP contribution in [-0.4, -0.2) is 19.0 Å². The summed E-state index contributed by atoms with van der Waals surface area (Å²) in [5, 5.41) is 2.64. The Morgan fingerprint density at radius 3 is 2.73 bits per heavy atom. The van der Waals surface area contributed by atoms with Crippen LogP contribution >= 0.6 is 0 Å². The molecule has 0 aliphatic carbocycles. The minimum atomic E-state index is -0.492. The highest BCUT2D eigenvalue weighted by molar-refractivity contribution is 5.94. The lowest BCUT2D eigenvalue weighted by Gasteiger charge is -2.05.